The molecule has 3 rings (SSSR count). The number of amides is 2. The third-order valence-electron chi connectivity index (χ3n) is 3.88. The molecule has 0 spiro atoms. The van der Waals surface area contributed by atoms with E-state index in [1.54, 1.807) is 13.8 Å². The molecule has 7 heteroatoms. The largest absolute Gasteiger partial charge is 0.365 e. The zero-order chi connectivity index (χ0) is 18.1. The maximum absolute atomic E-state index is 12.6. The maximum Gasteiger partial charge on any atom is 0.261 e. The van der Waals surface area contributed by atoms with Gasteiger partial charge in [0, 0.05) is 10.4 Å². The van der Waals surface area contributed by atoms with Crippen molar-refractivity contribution >= 4 is 28.2 Å². The second kappa shape index (κ2) is 6.52. The first-order chi connectivity index (χ1) is 11.9. The van der Waals surface area contributed by atoms with Crippen molar-refractivity contribution in [2.75, 3.05) is 5.32 Å². The first kappa shape index (κ1) is 16.9. The molecular formula is C18H17N3O3S. The van der Waals surface area contributed by atoms with Gasteiger partial charge in [0.15, 0.2) is 0 Å². The Morgan fingerprint density at radius 3 is 2.36 bits per heavy atom. The van der Waals surface area contributed by atoms with Crippen LogP contribution < -0.4 is 11.1 Å². The van der Waals surface area contributed by atoms with Crippen molar-refractivity contribution in [2.45, 2.75) is 20.8 Å². The summed E-state index contributed by atoms with van der Waals surface area (Å²) >= 11 is 1.32. The second-order valence-electron chi connectivity index (χ2n) is 5.62. The molecule has 0 fully saturated rings. The monoisotopic (exact) mass is 355 g/mol. The van der Waals surface area contributed by atoms with Crippen molar-refractivity contribution in [1.82, 2.24) is 5.16 Å². The summed E-state index contributed by atoms with van der Waals surface area (Å²) in [5, 5.41) is 6.99. The van der Waals surface area contributed by atoms with Crippen molar-refractivity contribution in [3.63, 3.8) is 0 Å². The predicted octanol–water partition coefficient (Wildman–Crippen LogP) is 3.68. The minimum absolute atomic E-state index is 0.314. The van der Waals surface area contributed by atoms with E-state index >= 15 is 0 Å². The number of nitrogens with zero attached hydrogens (tertiary/aromatic N) is 1. The van der Waals surface area contributed by atoms with Gasteiger partial charge < -0.3 is 15.6 Å². The molecule has 0 unspecified atom stereocenters. The lowest BCUT2D eigenvalue weighted by Crippen LogP contribution is -2.18. The van der Waals surface area contributed by atoms with Gasteiger partial charge in [0.25, 0.3) is 11.8 Å². The van der Waals surface area contributed by atoms with Crippen LogP contribution in [-0.2, 0) is 0 Å². The Kier molecular flexibility index (Phi) is 4.41. The van der Waals surface area contributed by atoms with Gasteiger partial charge in [-0.15, -0.1) is 11.3 Å². The summed E-state index contributed by atoms with van der Waals surface area (Å²) in [6, 6.07) is 9.48. The van der Waals surface area contributed by atoms with Crippen molar-refractivity contribution in [3.05, 3.63) is 57.8 Å². The summed E-state index contributed by atoms with van der Waals surface area (Å²) in [6.07, 6.45) is 0. The molecule has 128 valence electrons. The zero-order valence-corrected chi connectivity index (χ0v) is 14.9. The van der Waals surface area contributed by atoms with E-state index in [4.69, 9.17) is 10.3 Å². The molecule has 2 aromatic heterocycles. The molecule has 2 amide bonds. The zero-order valence-electron chi connectivity index (χ0n) is 14.0. The second-order valence-corrected chi connectivity index (χ2v) is 6.85. The molecule has 6 nitrogen and oxygen atoms in total. The van der Waals surface area contributed by atoms with E-state index in [0.29, 0.717) is 27.6 Å². The number of rotatable bonds is 4. The van der Waals surface area contributed by atoms with Gasteiger partial charge >= 0.3 is 0 Å². The Hall–Kier alpha value is -2.93. The van der Waals surface area contributed by atoms with Gasteiger partial charge in [-0.2, -0.15) is 0 Å². The number of thiophene rings is 1. The highest BCUT2D eigenvalue weighted by atomic mass is 32.1. The summed E-state index contributed by atoms with van der Waals surface area (Å²) in [4.78, 5) is 25.6. The molecule has 0 aliphatic heterocycles. The number of aromatic nitrogens is 1. The number of aryl methyl sites for hydroxylation is 3. The van der Waals surface area contributed by atoms with Gasteiger partial charge in [-0.25, -0.2) is 0 Å². The van der Waals surface area contributed by atoms with Crippen LogP contribution in [0.2, 0.25) is 0 Å². The summed E-state index contributed by atoms with van der Waals surface area (Å²) in [5.74, 6) is -0.538. The molecule has 0 bridgehead atoms. The van der Waals surface area contributed by atoms with Crippen molar-refractivity contribution in [3.8, 4) is 11.1 Å². The van der Waals surface area contributed by atoms with E-state index in [0.717, 1.165) is 16.0 Å². The van der Waals surface area contributed by atoms with Crippen molar-refractivity contribution in [2.24, 2.45) is 5.73 Å². The fourth-order valence-corrected chi connectivity index (χ4v) is 3.87. The van der Waals surface area contributed by atoms with E-state index in [2.05, 4.69) is 10.5 Å². The number of nitrogens with one attached hydrogen (secondary N) is 1. The number of anilines is 1. The molecule has 25 heavy (non-hydrogen) atoms. The van der Waals surface area contributed by atoms with Crippen LogP contribution in [0.5, 0.6) is 0 Å². The highest BCUT2D eigenvalue weighted by molar-refractivity contribution is 7.17. The van der Waals surface area contributed by atoms with Gasteiger partial charge in [0.1, 0.15) is 16.3 Å². The SMILES string of the molecule is Cc1noc(C)c1C(=O)Nc1sc(C)c(-c2ccccc2)c1C(N)=O. The van der Waals surface area contributed by atoms with Crippen LogP contribution in [0.1, 0.15) is 37.0 Å². The van der Waals surface area contributed by atoms with Crippen molar-refractivity contribution in [1.29, 1.82) is 0 Å². The van der Waals surface area contributed by atoms with Gasteiger partial charge in [-0.1, -0.05) is 35.5 Å². The summed E-state index contributed by atoms with van der Waals surface area (Å²) in [6.45, 7) is 5.25. The molecule has 3 aromatic rings. The van der Waals surface area contributed by atoms with E-state index in [1.807, 2.05) is 37.3 Å². The molecule has 0 saturated carbocycles. The molecule has 0 atom stereocenters. The minimum atomic E-state index is -0.586. The normalized spacial score (nSPS) is 10.7. The van der Waals surface area contributed by atoms with Crippen LogP contribution in [0.3, 0.4) is 0 Å². The fourth-order valence-electron chi connectivity index (χ4n) is 2.79. The molecule has 0 aliphatic rings. The number of benzene rings is 1. The number of nitrogens with two attached hydrogens (primary N) is 1. The van der Waals surface area contributed by atoms with Gasteiger partial charge in [-0.05, 0) is 26.3 Å². The number of carbonyl (C=O) groups excluding carboxylic acids is 2. The fraction of sp³-hybridized carbons (Fsp3) is 0.167. The maximum atomic E-state index is 12.6. The van der Waals surface area contributed by atoms with E-state index < -0.39 is 5.91 Å². The number of carbonyl (C=O) groups is 2. The Labute approximate surface area is 148 Å². The standard InChI is InChI=1S/C18H17N3O3S/c1-9-13(10(2)24-21-9)17(23)20-18-15(16(19)22)14(11(3)25-18)12-7-5-4-6-8-12/h4-8H,1-3H3,(H2,19,22)(H,20,23). The lowest BCUT2D eigenvalue weighted by atomic mass is 10.0. The first-order valence-corrected chi connectivity index (χ1v) is 8.44. The topological polar surface area (TPSA) is 98.2 Å². The van der Waals surface area contributed by atoms with Crippen LogP contribution in [0, 0.1) is 20.8 Å². The minimum Gasteiger partial charge on any atom is -0.365 e. The molecule has 3 N–H and O–H groups in total. The third-order valence-corrected chi connectivity index (χ3v) is 4.90. The molecule has 2 heterocycles. The Bertz CT molecular complexity index is 938. The Balaban J connectivity index is 2.06. The summed E-state index contributed by atoms with van der Waals surface area (Å²) in [7, 11) is 0. The van der Waals surface area contributed by atoms with Gasteiger partial charge in [0.2, 0.25) is 0 Å². The molecule has 0 saturated heterocycles. The van der Waals surface area contributed by atoms with Gasteiger partial charge in [-0.3, -0.25) is 9.59 Å². The average molecular weight is 355 g/mol. The number of primary amides is 1. The Morgan fingerprint density at radius 1 is 1.12 bits per heavy atom. The van der Waals surface area contributed by atoms with E-state index in [9.17, 15) is 9.59 Å². The Morgan fingerprint density at radius 2 is 1.80 bits per heavy atom. The highest BCUT2D eigenvalue weighted by Gasteiger charge is 2.25. The van der Waals surface area contributed by atoms with Crippen LogP contribution >= 0.6 is 11.3 Å². The average Bonchev–Trinajstić information content (AvgIpc) is 3.07. The lowest BCUT2D eigenvalue weighted by Gasteiger charge is -2.07. The first-order valence-electron chi connectivity index (χ1n) is 7.63. The lowest BCUT2D eigenvalue weighted by molar-refractivity contribution is 0.100. The molecule has 0 radical (unpaired) electrons. The van der Waals surface area contributed by atoms with Crippen LogP contribution in [0.4, 0.5) is 5.00 Å². The predicted molar refractivity (Wildman–Crippen MR) is 96.9 cm³/mol. The summed E-state index contributed by atoms with van der Waals surface area (Å²) in [5.41, 5.74) is 8.40. The molecule has 0 aliphatic carbocycles. The molecule has 1 aromatic carbocycles. The van der Waals surface area contributed by atoms with Crippen LogP contribution in [0.15, 0.2) is 34.9 Å². The van der Waals surface area contributed by atoms with Crippen LogP contribution in [-0.4, -0.2) is 17.0 Å². The van der Waals surface area contributed by atoms with E-state index in [-0.39, 0.29) is 5.91 Å². The summed E-state index contributed by atoms with van der Waals surface area (Å²) < 4.78 is 5.03. The molecular weight excluding hydrogens is 338 g/mol. The number of hydrogen-bond acceptors (Lipinski definition) is 5. The van der Waals surface area contributed by atoms with E-state index in [1.165, 1.54) is 11.3 Å². The number of hydrogen-bond donors (Lipinski definition) is 2. The van der Waals surface area contributed by atoms with Crippen molar-refractivity contribution < 1.29 is 14.1 Å². The third kappa shape index (κ3) is 3.06. The van der Waals surface area contributed by atoms with Crippen LogP contribution in [0.25, 0.3) is 11.1 Å². The van der Waals surface area contributed by atoms with Gasteiger partial charge in [0.05, 0.1) is 11.3 Å². The smallest absolute Gasteiger partial charge is 0.261 e. The highest BCUT2D eigenvalue weighted by Crippen LogP contribution is 2.39. The quantitative estimate of drug-likeness (QED) is 0.746.